The molecule has 4 aliphatic rings. The zero-order valence-corrected chi connectivity index (χ0v) is 13.3. The highest BCUT2D eigenvalue weighted by Gasteiger charge is 2.68. The van der Waals surface area contributed by atoms with Crippen LogP contribution in [-0.4, -0.2) is 34.7 Å². The molecule has 1 spiro atoms. The van der Waals surface area contributed by atoms with Crippen LogP contribution in [0.15, 0.2) is 54.1 Å². The Hall–Kier alpha value is -1.87. The minimum Gasteiger partial charge on any atom is -0.444 e. The monoisotopic (exact) mass is 308 g/mol. The Morgan fingerprint density at radius 1 is 1.22 bits per heavy atom. The van der Waals surface area contributed by atoms with Gasteiger partial charge in [0.25, 0.3) is 0 Å². The predicted molar refractivity (Wildman–Crippen MR) is 87.4 cm³/mol. The molecule has 23 heavy (non-hydrogen) atoms. The van der Waals surface area contributed by atoms with Crippen LogP contribution < -0.4 is 0 Å². The van der Waals surface area contributed by atoms with Gasteiger partial charge in [-0.15, -0.1) is 0 Å². The van der Waals surface area contributed by atoms with E-state index in [1.807, 2.05) is 0 Å². The fourth-order valence-corrected chi connectivity index (χ4v) is 5.64. The van der Waals surface area contributed by atoms with Gasteiger partial charge in [0.2, 0.25) is 0 Å². The number of rotatable bonds is 2. The number of hydrogen-bond acceptors (Lipinski definition) is 2. The zero-order valence-electron chi connectivity index (χ0n) is 13.3. The summed E-state index contributed by atoms with van der Waals surface area (Å²) in [6.07, 6.45) is 10.9. The number of benzene rings is 1. The van der Waals surface area contributed by atoms with Gasteiger partial charge in [0, 0.05) is 23.6 Å². The van der Waals surface area contributed by atoms with E-state index < -0.39 is 0 Å². The summed E-state index contributed by atoms with van der Waals surface area (Å²) in [4.78, 5) is 12.0. The van der Waals surface area contributed by atoms with E-state index in [1.165, 1.54) is 24.9 Å². The molecule has 0 N–H and O–H groups in total. The Labute approximate surface area is 136 Å². The van der Waals surface area contributed by atoms with Gasteiger partial charge in [-0.05, 0) is 18.9 Å². The van der Waals surface area contributed by atoms with Gasteiger partial charge in [-0.25, -0.2) is 4.79 Å². The summed E-state index contributed by atoms with van der Waals surface area (Å²) >= 11 is 0. The van der Waals surface area contributed by atoms with E-state index in [-0.39, 0.29) is 11.6 Å². The number of quaternary nitrogens is 1. The Kier molecular flexibility index (Phi) is 2.70. The minimum atomic E-state index is -0.342. The number of carbonyl (C=O) groups excluding carboxylic acids is 1. The number of carbonyl (C=O) groups is 1. The lowest BCUT2D eigenvalue weighted by molar-refractivity contribution is -0.974. The molecule has 0 radical (unpaired) electrons. The molecule has 118 valence electrons. The topological polar surface area (TPSA) is 26.3 Å². The molecule has 0 saturated carbocycles. The highest BCUT2D eigenvalue weighted by Crippen LogP contribution is 2.56. The first kappa shape index (κ1) is 13.6. The number of piperidine rings is 1. The summed E-state index contributed by atoms with van der Waals surface area (Å²) < 4.78 is 7.05. The van der Waals surface area contributed by atoms with E-state index in [2.05, 4.69) is 42.5 Å². The molecule has 1 aromatic carbocycles. The third-order valence-corrected chi connectivity index (χ3v) is 6.50. The number of fused-ring (bicyclic) bond motifs is 3. The fourth-order valence-electron chi connectivity index (χ4n) is 5.64. The van der Waals surface area contributed by atoms with Crippen molar-refractivity contribution in [2.75, 3.05) is 6.54 Å². The van der Waals surface area contributed by atoms with E-state index in [9.17, 15) is 4.79 Å². The number of esters is 1. The molecular formula is C20H22NO2+. The van der Waals surface area contributed by atoms with Gasteiger partial charge >= 0.3 is 5.97 Å². The average molecular weight is 308 g/mol. The van der Waals surface area contributed by atoms with Crippen LogP contribution in [0.3, 0.4) is 0 Å². The maximum absolute atomic E-state index is 12.0. The smallest absolute Gasteiger partial charge is 0.332 e. The molecule has 3 heteroatoms. The van der Waals surface area contributed by atoms with Crippen molar-refractivity contribution in [3.63, 3.8) is 0 Å². The summed E-state index contributed by atoms with van der Waals surface area (Å²) in [6.45, 7) is 2.24. The highest BCUT2D eigenvalue weighted by atomic mass is 16.6. The number of hydrogen-bond donors (Lipinski definition) is 0. The van der Waals surface area contributed by atoms with Crippen molar-refractivity contribution in [3.05, 3.63) is 59.7 Å². The summed E-state index contributed by atoms with van der Waals surface area (Å²) in [5, 5.41) is 0. The van der Waals surface area contributed by atoms with Crippen molar-refractivity contribution in [3.8, 4) is 0 Å². The van der Waals surface area contributed by atoms with Crippen molar-refractivity contribution in [1.29, 1.82) is 0 Å². The van der Waals surface area contributed by atoms with Crippen molar-refractivity contribution < 1.29 is 14.0 Å². The molecule has 3 nitrogen and oxygen atoms in total. The first-order valence-corrected chi connectivity index (χ1v) is 8.77. The maximum atomic E-state index is 12.0. The van der Waals surface area contributed by atoms with Crippen LogP contribution in [0.5, 0.6) is 0 Å². The summed E-state index contributed by atoms with van der Waals surface area (Å²) in [7, 11) is 0. The summed E-state index contributed by atoms with van der Waals surface area (Å²) in [6, 6.07) is 11.7. The Balaban J connectivity index is 1.61. The van der Waals surface area contributed by atoms with Gasteiger partial charge in [-0.1, -0.05) is 36.4 Å². The Morgan fingerprint density at radius 2 is 2.09 bits per heavy atom. The minimum absolute atomic E-state index is 0.143. The Bertz CT molecular complexity index is 722. The van der Waals surface area contributed by atoms with Crippen molar-refractivity contribution in [2.24, 2.45) is 0 Å². The molecule has 2 saturated heterocycles. The number of nitrogens with zero attached hydrogens (tertiary/aromatic N) is 1. The largest absolute Gasteiger partial charge is 0.444 e. The lowest BCUT2D eigenvalue weighted by atomic mass is 9.80. The summed E-state index contributed by atoms with van der Waals surface area (Å²) in [5.41, 5.74) is 2.18. The van der Waals surface area contributed by atoms with Gasteiger partial charge < -0.3 is 9.22 Å². The molecule has 5 rings (SSSR count). The van der Waals surface area contributed by atoms with Crippen molar-refractivity contribution in [1.82, 2.24) is 0 Å². The molecular weight excluding hydrogens is 286 g/mol. The molecule has 3 aliphatic heterocycles. The van der Waals surface area contributed by atoms with Gasteiger partial charge in [0.1, 0.15) is 18.6 Å². The van der Waals surface area contributed by atoms with E-state index in [0.717, 1.165) is 29.4 Å². The molecule has 4 atom stereocenters. The van der Waals surface area contributed by atoms with Crippen LogP contribution in [0.2, 0.25) is 0 Å². The zero-order chi connectivity index (χ0) is 15.5. The Morgan fingerprint density at radius 3 is 2.96 bits per heavy atom. The molecule has 2 bridgehead atoms. The maximum Gasteiger partial charge on any atom is 0.332 e. The van der Waals surface area contributed by atoms with Crippen LogP contribution in [0.25, 0.3) is 0 Å². The average Bonchev–Trinajstić information content (AvgIpc) is 3.01. The molecule has 1 aromatic rings. The van der Waals surface area contributed by atoms with E-state index >= 15 is 0 Å². The third-order valence-electron chi connectivity index (χ3n) is 6.50. The van der Waals surface area contributed by atoms with Crippen LogP contribution >= 0.6 is 0 Å². The molecule has 3 heterocycles. The van der Waals surface area contributed by atoms with Gasteiger partial charge in [0.15, 0.2) is 5.60 Å². The second-order valence-electron chi connectivity index (χ2n) is 7.52. The highest BCUT2D eigenvalue weighted by molar-refractivity contribution is 5.88. The van der Waals surface area contributed by atoms with Crippen LogP contribution in [-0.2, 0) is 16.1 Å². The molecule has 2 fully saturated rings. The first-order chi connectivity index (χ1) is 11.2. The standard InChI is InChI=1S/C20H22NO2/c22-19-12-16-9-10-17-13-20(16,23-19)18-8-4-5-11-21(17,18)14-15-6-2-1-3-7-15/h1-3,6-7,9-10,12,17-18H,4-5,8,11,13-14H2/q+1/t17-,18-,20+,21?/m1/s1. The van der Waals surface area contributed by atoms with Gasteiger partial charge in [-0.2, -0.15) is 0 Å². The second kappa shape index (κ2) is 4.57. The number of ether oxygens (including phenoxy) is 1. The van der Waals surface area contributed by atoms with Gasteiger partial charge in [-0.3, -0.25) is 0 Å². The molecule has 1 aliphatic carbocycles. The van der Waals surface area contributed by atoms with Crippen molar-refractivity contribution >= 4 is 5.97 Å². The molecule has 0 amide bonds. The van der Waals surface area contributed by atoms with Crippen LogP contribution in [0, 0.1) is 0 Å². The van der Waals surface area contributed by atoms with Crippen LogP contribution in [0.1, 0.15) is 31.2 Å². The van der Waals surface area contributed by atoms with Crippen molar-refractivity contribution in [2.45, 2.75) is 49.9 Å². The lowest BCUT2D eigenvalue weighted by Crippen LogP contribution is -2.61. The van der Waals surface area contributed by atoms with Gasteiger partial charge in [0.05, 0.1) is 13.0 Å². The second-order valence-corrected chi connectivity index (χ2v) is 7.52. The summed E-state index contributed by atoms with van der Waals surface area (Å²) in [5.74, 6) is -0.143. The first-order valence-electron chi connectivity index (χ1n) is 8.77. The third kappa shape index (κ3) is 1.71. The lowest BCUT2D eigenvalue weighted by Gasteiger charge is -2.48. The van der Waals surface area contributed by atoms with E-state index in [0.29, 0.717) is 12.1 Å². The van der Waals surface area contributed by atoms with E-state index in [4.69, 9.17) is 4.74 Å². The molecule has 0 aromatic heterocycles. The fraction of sp³-hybridized carbons (Fsp3) is 0.450. The van der Waals surface area contributed by atoms with Crippen LogP contribution in [0.4, 0.5) is 0 Å². The van der Waals surface area contributed by atoms with E-state index in [1.54, 1.807) is 6.08 Å². The normalized spacial score (nSPS) is 40.3. The molecule has 1 unspecified atom stereocenters. The quantitative estimate of drug-likeness (QED) is 0.620. The predicted octanol–water partition coefficient (Wildman–Crippen LogP) is 3.12. The SMILES string of the molecule is O=C1C=C2C=C[C@@H]3C[C@@]2(O1)[C@H]1CCCC[N+]31Cc1ccccc1.